The number of unbranched alkanes of at least 4 members (excludes halogenated alkanes) is 5. The number of aromatic nitrogens is 2. The molecule has 1 unspecified atom stereocenters. The fourth-order valence-electron chi connectivity index (χ4n) is 2.93. The highest BCUT2D eigenvalue weighted by Gasteiger charge is 2.35. The molecule has 2 rings (SSSR count). The Morgan fingerprint density at radius 3 is 2.45 bits per heavy atom. The minimum atomic E-state index is -4.73. The molecule has 13 heteroatoms. The van der Waals surface area contributed by atoms with Crippen LogP contribution < -0.4 is 5.73 Å². The van der Waals surface area contributed by atoms with E-state index in [2.05, 4.69) is 21.6 Å². The molecule has 0 aliphatic rings. The second kappa shape index (κ2) is 12.1. The summed E-state index contributed by atoms with van der Waals surface area (Å²) in [6.07, 6.45) is 1.92. The first-order chi connectivity index (χ1) is 15.3. The van der Waals surface area contributed by atoms with Crippen molar-refractivity contribution in [2.75, 3.05) is 12.4 Å². The number of phosphoric ester groups is 1. The zero-order chi connectivity index (χ0) is 24.7. The Hall–Kier alpha value is -1.01. The van der Waals surface area contributed by atoms with Gasteiger partial charge in [-0.15, -0.1) is 22.0 Å². The van der Waals surface area contributed by atoms with E-state index in [9.17, 15) is 17.7 Å². The lowest BCUT2D eigenvalue weighted by atomic mass is 10.1. The van der Waals surface area contributed by atoms with Crippen LogP contribution in [0.4, 0.5) is 13.2 Å². The van der Waals surface area contributed by atoms with Crippen molar-refractivity contribution in [3.05, 3.63) is 28.8 Å². The molecule has 2 aromatic rings. The Balaban J connectivity index is 2.13. The fraction of sp³-hybridized carbons (Fsp3) is 0.600. The van der Waals surface area contributed by atoms with Crippen molar-refractivity contribution in [1.29, 1.82) is 0 Å². The van der Waals surface area contributed by atoms with E-state index in [1.165, 1.54) is 31.2 Å². The van der Waals surface area contributed by atoms with Crippen LogP contribution in [0.25, 0.3) is 10.6 Å². The van der Waals surface area contributed by atoms with Gasteiger partial charge in [0.2, 0.25) is 0 Å². The van der Waals surface area contributed by atoms with E-state index < -0.39 is 31.7 Å². The molecule has 0 fully saturated rings. The van der Waals surface area contributed by atoms with Crippen LogP contribution >= 0.6 is 30.9 Å². The number of halogens is 3. The zero-order valence-corrected chi connectivity index (χ0v) is 21.0. The second-order valence-corrected chi connectivity index (χ2v) is 11.3. The first-order valence-electron chi connectivity index (χ1n) is 10.5. The van der Waals surface area contributed by atoms with Gasteiger partial charge in [0, 0.05) is 10.5 Å². The molecule has 1 atom stereocenters. The van der Waals surface area contributed by atoms with Gasteiger partial charge >= 0.3 is 14.0 Å². The van der Waals surface area contributed by atoms with E-state index >= 15 is 0 Å². The van der Waals surface area contributed by atoms with E-state index in [0.29, 0.717) is 5.75 Å². The predicted octanol–water partition coefficient (Wildman–Crippen LogP) is 5.96. The topological polar surface area (TPSA) is 119 Å². The first-order valence-corrected chi connectivity index (χ1v) is 13.8. The van der Waals surface area contributed by atoms with E-state index in [4.69, 9.17) is 15.5 Å². The third-order valence-electron chi connectivity index (χ3n) is 4.73. The molecule has 0 radical (unpaired) electrons. The van der Waals surface area contributed by atoms with Crippen molar-refractivity contribution in [3.8, 4) is 10.6 Å². The number of hydrogen-bond acceptors (Lipinski definition) is 7. The fourth-order valence-corrected chi connectivity index (χ4v) is 5.31. The lowest BCUT2D eigenvalue weighted by Gasteiger charge is -2.21. The molecule has 0 saturated carbocycles. The summed E-state index contributed by atoms with van der Waals surface area (Å²) in [6.45, 7) is 3.04. The van der Waals surface area contributed by atoms with Gasteiger partial charge in [0.1, 0.15) is 10.0 Å². The SMILES string of the molecule is CCCCCCCCSc1ccc(-c2nnc(C(C)(N)COP(=O)(O)O)s2)cc1C(F)(F)F. The molecular formula is C20H29F3N3O4PS2. The monoisotopic (exact) mass is 527 g/mol. The van der Waals surface area contributed by atoms with Crippen LogP contribution in [0.2, 0.25) is 0 Å². The summed E-state index contributed by atoms with van der Waals surface area (Å²) in [4.78, 5) is 17.9. The smallest absolute Gasteiger partial charge is 0.318 e. The summed E-state index contributed by atoms with van der Waals surface area (Å²) in [5.41, 5.74) is 4.15. The van der Waals surface area contributed by atoms with Gasteiger partial charge in [-0.05, 0) is 31.2 Å². The quantitative estimate of drug-likeness (QED) is 0.166. The Bertz CT molecular complexity index is 951. The highest BCUT2D eigenvalue weighted by atomic mass is 32.2. The average molecular weight is 528 g/mol. The number of phosphoric acid groups is 1. The zero-order valence-electron chi connectivity index (χ0n) is 18.5. The van der Waals surface area contributed by atoms with Crippen molar-refractivity contribution in [2.24, 2.45) is 5.73 Å². The van der Waals surface area contributed by atoms with Gasteiger partial charge in [-0.2, -0.15) is 13.2 Å². The molecule has 4 N–H and O–H groups in total. The number of hydrogen-bond donors (Lipinski definition) is 3. The second-order valence-electron chi connectivity index (χ2n) is 7.92. The molecule has 0 bridgehead atoms. The van der Waals surface area contributed by atoms with Crippen LogP contribution in [-0.2, 0) is 20.8 Å². The number of nitrogens with two attached hydrogens (primary N) is 1. The van der Waals surface area contributed by atoms with Crippen LogP contribution in [0.5, 0.6) is 0 Å². The summed E-state index contributed by atoms with van der Waals surface area (Å²) in [7, 11) is -4.73. The van der Waals surface area contributed by atoms with Crippen molar-refractivity contribution in [3.63, 3.8) is 0 Å². The minimum Gasteiger partial charge on any atom is -0.318 e. The van der Waals surface area contributed by atoms with Crippen LogP contribution in [0.3, 0.4) is 0 Å². The molecule has 0 aliphatic heterocycles. The summed E-state index contributed by atoms with van der Waals surface area (Å²) in [5, 5.41) is 8.22. The Labute approximate surface area is 199 Å². The van der Waals surface area contributed by atoms with E-state index in [1.54, 1.807) is 6.07 Å². The largest absolute Gasteiger partial charge is 0.469 e. The van der Waals surface area contributed by atoms with Crippen molar-refractivity contribution in [2.45, 2.75) is 69.0 Å². The molecule has 0 aliphatic carbocycles. The standard InChI is InChI=1S/C20H29F3N3O4PS2/c1-3-4-5-6-7-8-11-32-16-10-9-14(12-15(16)20(21,22)23)17-25-26-18(33-17)19(2,24)13-30-31(27,28)29/h9-10,12H,3-8,11,13,24H2,1-2H3,(H2,27,28,29). The number of rotatable bonds is 13. The van der Waals surface area contributed by atoms with Crippen LogP contribution in [-0.4, -0.2) is 32.3 Å². The van der Waals surface area contributed by atoms with Gasteiger partial charge in [0.15, 0.2) is 0 Å². The summed E-state index contributed by atoms with van der Waals surface area (Å²) in [5.74, 6) is 0.614. The van der Waals surface area contributed by atoms with Crippen molar-refractivity contribution in [1.82, 2.24) is 10.2 Å². The van der Waals surface area contributed by atoms with E-state index in [1.807, 2.05) is 0 Å². The molecule has 0 saturated heterocycles. The van der Waals surface area contributed by atoms with Gasteiger partial charge < -0.3 is 15.5 Å². The van der Waals surface area contributed by atoms with E-state index in [0.717, 1.165) is 49.5 Å². The van der Waals surface area contributed by atoms with Gasteiger partial charge in [0.25, 0.3) is 0 Å². The normalized spacial score (nSPS) is 14.4. The van der Waals surface area contributed by atoms with Gasteiger partial charge in [-0.3, -0.25) is 4.52 Å². The van der Waals surface area contributed by atoms with Crippen molar-refractivity contribution < 1.29 is 32.0 Å². The maximum atomic E-state index is 13.7. The molecule has 186 valence electrons. The van der Waals surface area contributed by atoms with Gasteiger partial charge in [0.05, 0.1) is 17.7 Å². The highest BCUT2D eigenvalue weighted by Crippen LogP contribution is 2.41. The molecule has 0 spiro atoms. The van der Waals surface area contributed by atoms with Gasteiger partial charge in [-0.25, -0.2) is 4.57 Å². The molecular weight excluding hydrogens is 498 g/mol. The van der Waals surface area contributed by atoms with Crippen LogP contribution in [0.15, 0.2) is 23.1 Å². The van der Waals surface area contributed by atoms with E-state index in [-0.39, 0.29) is 20.5 Å². The predicted molar refractivity (Wildman–Crippen MR) is 124 cm³/mol. The lowest BCUT2D eigenvalue weighted by molar-refractivity contribution is -0.139. The molecule has 7 nitrogen and oxygen atoms in total. The summed E-state index contributed by atoms with van der Waals surface area (Å²) in [6, 6.07) is 4.05. The molecule has 1 aromatic carbocycles. The third-order valence-corrected chi connectivity index (χ3v) is 7.61. The van der Waals surface area contributed by atoms with Crippen LogP contribution in [0, 0.1) is 0 Å². The molecule has 1 heterocycles. The number of nitrogens with zero attached hydrogens (tertiary/aromatic N) is 2. The highest BCUT2D eigenvalue weighted by molar-refractivity contribution is 7.99. The number of alkyl halides is 3. The molecule has 1 aromatic heterocycles. The number of benzene rings is 1. The Morgan fingerprint density at radius 1 is 1.15 bits per heavy atom. The first kappa shape index (κ1) is 28.2. The summed E-state index contributed by atoms with van der Waals surface area (Å²) < 4.78 is 56.5. The lowest BCUT2D eigenvalue weighted by Crippen LogP contribution is -2.37. The number of thioether (sulfide) groups is 1. The Kier molecular flexibility index (Phi) is 10.4. The third kappa shape index (κ3) is 9.28. The minimum absolute atomic E-state index is 0.170. The molecule has 0 amide bonds. The maximum absolute atomic E-state index is 13.7. The average Bonchev–Trinajstić information content (AvgIpc) is 3.22. The van der Waals surface area contributed by atoms with Crippen LogP contribution in [0.1, 0.15) is 62.9 Å². The molecule has 33 heavy (non-hydrogen) atoms. The van der Waals surface area contributed by atoms with Gasteiger partial charge in [-0.1, -0.05) is 56.4 Å². The van der Waals surface area contributed by atoms with Crippen molar-refractivity contribution >= 4 is 30.9 Å². The Morgan fingerprint density at radius 2 is 1.82 bits per heavy atom. The maximum Gasteiger partial charge on any atom is 0.469 e. The summed E-state index contributed by atoms with van der Waals surface area (Å²) >= 11 is 2.14.